The highest BCUT2D eigenvalue weighted by atomic mass is 16.5. The first-order valence-corrected chi connectivity index (χ1v) is 6.04. The molecule has 1 aromatic rings. The molecule has 1 rings (SSSR count). The van der Waals surface area contributed by atoms with Crippen LogP contribution >= 0.6 is 0 Å². The molecule has 0 saturated heterocycles. The molecule has 0 aliphatic rings. The number of likely N-dealkylation sites (N-methyl/N-ethyl adjacent to an activating group) is 1. The van der Waals surface area contributed by atoms with E-state index in [1.54, 1.807) is 25.3 Å². The molecule has 0 spiro atoms. The van der Waals surface area contributed by atoms with Crippen LogP contribution in [0, 0.1) is 0 Å². The number of amides is 1. The fraction of sp³-hybridized carbons (Fsp3) is 0.538. The Bertz CT molecular complexity index is 357. The Labute approximate surface area is 108 Å². The Hall–Kier alpha value is -1.46. The highest BCUT2D eigenvalue weighted by molar-refractivity contribution is 5.81. The second-order valence-electron chi connectivity index (χ2n) is 4.08. The zero-order valence-corrected chi connectivity index (χ0v) is 11.2. The van der Waals surface area contributed by atoms with Gasteiger partial charge in [-0.25, -0.2) is 0 Å². The van der Waals surface area contributed by atoms with Gasteiger partial charge in [-0.2, -0.15) is 0 Å². The van der Waals surface area contributed by atoms with Crippen molar-refractivity contribution in [1.29, 1.82) is 0 Å². The molecule has 5 heteroatoms. The summed E-state index contributed by atoms with van der Waals surface area (Å²) in [5.74, 6) is 0.0557. The topological polar surface area (TPSA) is 54.5 Å². The largest absolute Gasteiger partial charge is 0.383 e. The summed E-state index contributed by atoms with van der Waals surface area (Å²) in [6, 6.07) is 5.49. The highest BCUT2D eigenvalue weighted by Gasteiger charge is 2.19. The van der Waals surface area contributed by atoms with Crippen LogP contribution in [0.25, 0.3) is 0 Å². The van der Waals surface area contributed by atoms with E-state index >= 15 is 0 Å². The Morgan fingerprint density at radius 2 is 2.33 bits per heavy atom. The maximum atomic E-state index is 12.2. The number of carbonyl (C=O) groups is 1. The molecule has 1 amide bonds. The van der Waals surface area contributed by atoms with Crippen molar-refractivity contribution >= 4 is 5.91 Å². The van der Waals surface area contributed by atoms with Crippen LogP contribution in [0.3, 0.4) is 0 Å². The minimum atomic E-state index is -0.203. The van der Waals surface area contributed by atoms with Gasteiger partial charge in [0.1, 0.15) is 0 Å². The number of carbonyl (C=O) groups excluding carboxylic acids is 1. The average molecular weight is 251 g/mol. The molecule has 0 aliphatic heterocycles. The number of hydrogen-bond acceptors (Lipinski definition) is 4. The molecule has 0 saturated carbocycles. The summed E-state index contributed by atoms with van der Waals surface area (Å²) in [4.78, 5) is 18.2. The van der Waals surface area contributed by atoms with Crippen LogP contribution < -0.4 is 5.32 Å². The van der Waals surface area contributed by atoms with E-state index in [2.05, 4.69) is 10.3 Å². The third-order valence-electron chi connectivity index (χ3n) is 2.76. The zero-order valence-electron chi connectivity index (χ0n) is 11.2. The van der Waals surface area contributed by atoms with E-state index in [-0.39, 0.29) is 11.9 Å². The minimum absolute atomic E-state index is 0.0557. The van der Waals surface area contributed by atoms with Gasteiger partial charge in [-0.15, -0.1) is 0 Å². The summed E-state index contributed by atoms with van der Waals surface area (Å²) in [7, 11) is 3.41. The molecule has 1 N–H and O–H groups in total. The molecule has 1 aromatic heterocycles. The fourth-order valence-electron chi connectivity index (χ4n) is 1.55. The van der Waals surface area contributed by atoms with E-state index < -0.39 is 0 Å². The van der Waals surface area contributed by atoms with Crippen molar-refractivity contribution in [2.45, 2.75) is 19.5 Å². The molecular formula is C13H21N3O2. The molecule has 0 bridgehead atoms. The van der Waals surface area contributed by atoms with Gasteiger partial charge in [0.2, 0.25) is 5.91 Å². The molecule has 0 radical (unpaired) electrons. The van der Waals surface area contributed by atoms with Gasteiger partial charge in [0.25, 0.3) is 0 Å². The monoisotopic (exact) mass is 251 g/mol. The second-order valence-corrected chi connectivity index (χ2v) is 4.08. The maximum Gasteiger partial charge on any atom is 0.239 e. The van der Waals surface area contributed by atoms with Crippen molar-refractivity contribution in [3.63, 3.8) is 0 Å². The van der Waals surface area contributed by atoms with Gasteiger partial charge in [0.05, 0.1) is 24.9 Å². The molecule has 0 aliphatic carbocycles. The van der Waals surface area contributed by atoms with E-state index in [4.69, 9.17) is 4.74 Å². The smallest absolute Gasteiger partial charge is 0.239 e. The summed E-state index contributed by atoms with van der Waals surface area (Å²) < 4.78 is 5.04. The Balaban J connectivity index is 2.69. The number of hydrogen-bond donors (Lipinski definition) is 1. The van der Waals surface area contributed by atoms with Crippen molar-refractivity contribution in [1.82, 2.24) is 15.2 Å². The van der Waals surface area contributed by atoms with Crippen LogP contribution in [-0.2, 0) is 16.1 Å². The number of nitrogens with zero attached hydrogens (tertiary/aromatic N) is 2. The Morgan fingerprint density at radius 3 is 2.89 bits per heavy atom. The van der Waals surface area contributed by atoms with Crippen LogP contribution in [0.15, 0.2) is 24.4 Å². The number of methoxy groups -OCH3 is 1. The highest BCUT2D eigenvalue weighted by Crippen LogP contribution is 2.03. The normalized spacial score (nSPS) is 12.2. The van der Waals surface area contributed by atoms with Crippen LogP contribution in [0.5, 0.6) is 0 Å². The standard InChI is InChI=1S/C13H21N3O2/c1-11(14-2)13(17)16(8-9-18-3)10-12-6-4-5-7-15-12/h4-7,11,14H,8-10H2,1-3H3. The number of nitrogens with one attached hydrogen (secondary N) is 1. The first-order chi connectivity index (χ1) is 8.69. The fourth-order valence-corrected chi connectivity index (χ4v) is 1.55. The van der Waals surface area contributed by atoms with Gasteiger partial charge >= 0.3 is 0 Å². The van der Waals surface area contributed by atoms with Crippen molar-refractivity contribution in [2.75, 3.05) is 27.3 Å². The number of pyridine rings is 1. The van der Waals surface area contributed by atoms with E-state index in [1.165, 1.54) is 0 Å². The molecular weight excluding hydrogens is 230 g/mol. The van der Waals surface area contributed by atoms with Gasteiger partial charge in [-0.05, 0) is 26.1 Å². The van der Waals surface area contributed by atoms with Crippen molar-refractivity contribution in [3.8, 4) is 0 Å². The lowest BCUT2D eigenvalue weighted by Crippen LogP contribution is -2.44. The molecule has 0 fully saturated rings. The van der Waals surface area contributed by atoms with E-state index in [0.29, 0.717) is 19.7 Å². The third-order valence-corrected chi connectivity index (χ3v) is 2.76. The molecule has 1 heterocycles. The summed E-state index contributed by atoms with van der Waals surface area (Å²) in [6.45, 7) is 3.45. The lowest BCUT2D eigenvalue weighted by molar-refractivity contribution is -0.134. The molecule has 18 heavy (non-hydrogen) atoms. The van der Waals surface area contributed by atoms with Crippen LogP contribution in [0.4, 0.5) is 0 Å². The molecule has 1 atom stereocenters. The van der Waals surface area contributed by atoms with Gasteiger partial charge in [0, 0.05) is 19.9 Å². The number of rotatable bonds is 7. The quantitative estimate of drug-likeness (QED) is 0.773. The van der Waals surface area contributed by atoms with Gasteiger partial charge < -0.3 is 15.0 Å². The van der Waals surface area contributed by atoms with Crippen molar-refractivity contribution < 1.29 is 9.53 Å². The summed E-state index contributed by atoms with van der Waals surface area (Å²) in [5.41, 5.74) is 0.880. The third kappa shape index (κ3) is 4.43. The van der Waals surface area contributed by atoms with Crippen molar-refractivity contribution in [2.24, 2.45) is 0 Å². The summed E-state index contributed by atoms with van der Waals surface area (Å²) in [6.07, 6.45) is 1.73. The Kier molecular flexibility index (Phi) is 6.32. The molecule has 100 valence electrons. The maximum absolute atomic E-state index is 12.2. The first kappa shape index (κ1) is 14.6. The first-order valence-electron chi connectivity index (χ1n) is 6.04. The number of ether oxygens (including phenoxy) is 1. The van der Waals surface area contributed by atoms with E-state index in [9.17, 15) is 4.79 Å². The summed E-state index contributed by atoms with van der Waals surface area (Å²) in [5, 5.41) is 2.95. The Morgan fingerprint density at radius 1 is 1.56 bits per heavy atom. The van der Waals surface area contributed by atoms with E-state index in [1.807, 2.05) is 25.1 Å². The van der Waals surface area contributed by atoms with Gasteiger partial charge in [-0.3, -0.25) is 9.78 Å². The van der Waals surface area contributed by atoms with Crippen molar-refractivity contribution in [3.05, 3.63) is 30.1 Å². The van der Waals surface area contributed by atoms with E-state index in [0.717, 1.165) is 5.69 Å². The van der Waals surface area contributed by atoms with Crippen LogP contribution in [-0.4, -0.2) is 49.1 Å². The minimum Gasteiger partial charge on any atom is -0.383 e. The van der Waals surface area contributed by atoms with Gasteiger partial charge in [0.15, 0.2) is 0 Å². The number of aromatic nitrogens is 1. The zero-order chi connectivity index (χ0) is 13.4. The SMILES string of the molecule is CNC(C)C(=O)N(CCOC)Cc1ccccn1. The molecule has 5 nitrogen and oxygen atoms in total. The average Bonchev–Trinajstić information content (AvgIpc) is 2.42. The molecule has 0 aromatic carbocycles. The van der Waals surface area contributed by atoms with Crippen LogP contribution in [0.2, 0.25) is 0 Å². The molecule has 1 unspecified atom stereocenters. The summed E-state index contributed by atoms with van der Waals surface area (Å²) >= 11 is 0. The lowest BCUT2D eigenvalue weighted by atomic mass is 10.2. The lowest BCUT2D eigenvalue weighted by Gasteiger charge is -2.25. The van der Waals surface area contributed by atoms with Crippen LogP contribution in [0.1, 0.15) is 12.6 Å². The predicted molar refractivity (Wildman–Crippen MR) is 70.1 cm³/mol. The second kappa shape index (κ2) is 7.79. The van der Waals surface area contributed by atoms with Gasteiger partial charge in [-0.1, -0.05) is 6.07 Å². The predicted octanol–water partition coefficient (Wildman–Crippen LogP) is 0.664.